The lowest BCUT2D eigenvalue weighted by Gasteiger charge is -2.28. The lowest BCUT2D eigenvalue weighted by Crippen LogP contribution is -2.18. The van der Waals surface area contributed by atoms with Gasteiger partial charge in [0.05, 0.1) is 11.4 Å². The summed E-state index contributed by atoms with van der Waals surface area (Å²) < 4.78 is 0. The van der Waals surface area contributed by atoms with E-state index in [4.69, 9.17) is 11.5 Å². The Morgan fingerprint density at radius 3 is 1.26 bits per heavy atom. The zero-order valence-corrected chi connectivity index (χ0v) is 22.1. The van der Waals surface area contributed by atoms with E-state index in [9.17, 15) is 0 Å². The first-order chi connectivity index (χ1) is 18.6. The standard InChI is InChI=1S/C36H36N2/c1-26-32(24-29-18-10-4-11-19-29)33(25-30-20-12-5-13-21-30)34(36(38)35(26)37)31(22-27-14-6-2-7-15-27)23-28-16-8-3-9-17-28/h2-21,31H,22-25,37-38H2,1H3. The van der Waals surface area contributed by atoms with Gasteiger partial charge in [-0.15, -0.1) is 0 Å². The fraction of sp³-hybridized carbons (Fsp3) is 0.167. The molecule has 2 heteroatoms. The van der Waals surface area contributed by atoms with Crippen molar-refractivity contribution in [2.75, 3.05) is 11.5 Å². The molecule has 2 nitrogen and oxygen atoms in total. The van der Waals surface area contributed by atoms with Crippen molar-refractivity contribution in [2.24, 2.45) is 0 Å². The summed E-state index contributed by atoms with van der Waals surface area (Å²) in [6.45, 7) is 2.13. The van der Waals surface area contributed by atoms with Crippen LogP contribution in [0.4, 0.5) is 11.4 Å². The number of nitrogen functional groups attached to an aromatic ring is 2. The molecule has 0 fully saturated rings. The topological polar surface area (TPSA) is 52.0 Å². The molecule has 0 aromatic heterocycles. The van der Waals surface area contributed by atoms with Crippen LogP contribution in [-0.2, 0) is 25.7 Å². The van der Waals surface area contributed by atoms with E-state index in [1.54, 1.807) is 0 Å². The van der Waals surface area contributed by atoms with E-state index in [0.29, 0.717) is 5.69 Å². The highest BCUT2D eigenvalue weighted by Gasteiger charge is 2.26. The summed E-state index contributed by atoms with van der Waals surface area (Å²) in [6.07, 6.45) is 3.45. The van der Waals surface area contributed by atoms with Crippen molar-refractivity contribution in [3.8, 4) is 0 Å². The van der Waals surface area contributed by atoms with Crippen LogP contribution < -0.4 is 11.5 Å². The molecule has 0 aliphatic rings. The predicted molar refractivity (Wildman–Crippen MR) is 162 cm³/mol. The van der Waals surface area contributed by atoms with Crippen molar-refractivity contribution in [3.05, 3.63) is 166 Å². The van der Waals surface area contributed by atoms with Crippen molar-refractivity contribution in [3.63, 3.8) is 0 Å². The zero-order valence-electron chi connectivity index (χ0n) is 22.1. The van der Waals surface area contributed by atoms with Crippen LogP contribution >= 0.6 is 0 Å². The van der Waals surface area contributed by atoms with Crippen LogP contribution in [0.5, 0.6) is 0 Å². The average molecular weight is 497 g/mol. The van der Waals surface area contributed by atoms with Crippen molar-refractivity contribution >= 4 is 11.4 Å². The fourth-order valence-electron chi connectivity index (χ4n) is 5.64. The monoisotopic (exact) mass is 496 g/mol. The fourth-order valence-corrected chi connectivity index (χ4v) is 5.64. The number of anilines is 2. The second kappa shape index (κ2) is 11.8. The summed E-state index contributed by atoms with van der Waals surface area (Å²) >= 11 is 0. The SMILES string of the molecule is Cc1c(N)c(N)c(C(Cc2ccccc2)Cc2ccccc2)c(Cc2ccccc2)c1Cc1ccccc1. The summed E-state index contributed by atoms with van der Waals surface area (Å²) in [7, 11) is 0. The normalized spacial score (nSPS) is 11.1. The molecule has 38 heavy (non-hydrogen) atoms. The Bertz CT molecular complexity index is 1420. The molecule has 5 rings (SSSR count). The van der Waals surface area contributed by atoms with E-state index in [0.717, 1.165) is 36.9 Å². The van der Waals surface area contributed by atoms with Gasteiger partial charge in [-0.3, -0.25) is 0 Å². The summed E-state index contributed by atoms with van der Waals surface area (Å²) in [5.41, 5.74) is 25.3. The van der Waals surface area contributed by atoms with Gasteiger partial charge in [-0.05, 0) is 83.0 Å². The molecule has 5 aromatic rings. The number of benzene rings is 5. The molecule has 0 saturated carbocycles. The molecule has 0 radical (unpaired) electrons. The van der Waals surface area contributed by atoms with Crippen LogP contribution in [0.25, 0.3) is 0 Å². The highest BCUT2D eigenvalue weighted by molar-refractivity contribution is 5.77. The highest BCUT2D eigenvalue weighted by Crippen LogP contribution is 2.41. The summed E-state index contributed by atoms with van der Waals surface area (Å²) in [5, 5.41) is 0. The molecule has 0 heterocycles. The summed E-state index contributed by atoms with van der Waals surface area (Å²) in [6, 6.07) is 42.9. The number of hydrogen-bond donors (Lipinski definition) is 2. The summed E-state index contributed by atoms with van der Waals surface area (Å²) in [4.78, 5) is 0. The largest absolute Gasteiger partial charge is 0.397 e. The van der Waals surface area contributed by atoms with Gasteiger partial charge in [0.25, 0.3) is 0 Å². The Kier molecular flexibility index (Phi) is 7.89. The highest BCUT2D eigenvalue weighted by atomic mass is 14.7. The molecule has 0 unspecified atom stereocenters. The Balaban J connectivity index is 1.71. The van der Waals surface area contributed by atoms with E-state index in [2.05, 4.69) is 128 Å². The van der Waals surface area contributed by atoms with Gasteiger partial charge in [0, 0.05) is 0 Å². The van der Waals surface area contributed by atoms with Gasteiger partial charge in [-0.1, -0.05) is 121 Å². The van der Waals surface area contributed by atoms with E-state index < -0.39 is 0 Å². The lowest BCUT2D eigenvalue weighted by atomic mass is 9.77. The minimum Gasteiger partial charge on any atom is -0.397 e. The molecule has 5 aromatic carbocycles. The first-order valence-corrected chi connectivity index (χ1v) is 13.4. The van der Waals surface area contributed by atoms with Gasteiger partial charge >= 0.3 is 0 Å². The van der Waals surface area contributed by atoms with Crippen molar-refractivity contribution in [2.45, 2.75) is 38.5 Å². The Morgan fingerprint density at radius 1 is 0.474 bits per heavy atom. The van der Waals surface area contributed by atoms with E-state index >= 15 is 0 Å². The first kappa shape index (κ1) is 25.4. The van der Waals surface area contributed by atoms with Crippen LogP contribution in [0.15, 0.2) is 121 Å². The number of rotatable bonds is 9. The third kappa shape index (κ3) is 5.81. The molecular weight excluding hydrogens is 460 g/mol. The van der Waals surface area contributed by atoms with Crippen LogP contribution in [-0.4, -0.2) is 0 Å². The molecule has 0 saturated heterocycles. The van der Waals surface area contributed by atoms with Crippen LogP contribution in [0.2, 0.25) is 0 Å². The molecule has 0 aliphatic heterocycles. The van der Waals surface area contributed by atoms with E-state index in [1.807, 2.05) is 0 Å². The molecule has 0 atom stereocenters. The smallest absolute Gasteiger partial charge is 0.0589 e. The molecule has 0 bridgehead atoms. The van der Waals surface area contributed by atoms with E-state index in [1.165, 1.54) is 38.9 Å². The van der Waals surface area contributed by atoms with Gasteiger partial charge < -0.3 is 11.5 Å². The predicted octanol–water partition coefficient (Wildman–Crippen LogP) is 7.91. The molecule has 190 valence electrons. The second-order valence-electron chi connectivity index (χ2n) is 10.2. The average Bonchev–Trinajstić information content (AvgIpc) is 2.96. The maximum absolute atomic E-state index is 6.98. The van der Waals surface area contributed by atoms with Crippen LogP contribution in [0.1, 0.15) is 50.4 Å². The van der Waals surface area contributed by atoms with Crippen LogP contribution in [0, 0.1) is 6.92 Å². The third-order valence-corrected chi connectivity index (χ3v) is 7.63. The van der Waals surface area contributed by atoms with Crippen molar-refractivity contribution in [1.29, 1.82) is 0 Å². The maximum Gasteiger partial charge on any atom is 0.0589 e. The van der Waals surface area contributed by atoms with Gasteiger partial charge in [-0.2, -0.15) is 0 Å². The molecule has 4 N–H and O–H groups in total. The lowest BCUT2D eigenvalue weighted by molar-refractivity contribution is 0.673. The minimum absolute atomic E-state index is 0.191. The molecule has 0 aliphatic carbocycles. The summed E-state index contributed by atoms with van der Waals surface area (Å²) in [5.74, 6) is 0.191. The third-order valence-electron chi connectivity index (χ3n) is 7.63. The van der Waals surface area contributed by atoms with Crippen molar-refractivity contribution in [1.82, 2.24) is 0 Å². The Labute approximate surface area is 227 Å². The second-order valence-corrected chi connectivity index (χ2v) is 10.2. The number of nitrogens with two attached hydrogens (primary N) is 2. The first-order valence-electron chi connectivity index (χ1n) is 13.4. The molecular formula is C36H36N2. The van der Waals surface area contributed by atoms with Gasteiger partial charge in [0.1, 0.15) is 0 Å². The minimum atomic E-state index is 0.191. The van der Waals surface area contributed by atoms with Gasteiger partial charge in [-0.25, -0.2) is 0 Å². The van der Waals surface area contributed by atoms with Gasteiger partial charge in [0.2, 0.25) is 0 Å². The Morgan fingerprint density at radius 2 is 0.842 bits per heavy atom. The number of hydrogen-bond acceptors (Lipinski definition) is 2. The Hall–Kier alpha value is -4.30. The van der Waals surface area contributed by atoms with E-state index in [-0.39, 0.29) is 5.92 Å². The maximum atomic E-state index is 6.98. The van der Waals surface area contributed by atoms with Gasteiger partial charge in [0.15, 0.2) is 0 Å². The molecule has 0 spiro atoms. The quantitative estimate of drug-likeness (QED) is 0.204. The van der Waals surface area contributed by atoms with Crippen LogP contribution in [0.3, 0.4) is 0 Å². The molecule has 0 amide bonds. The zero-order chi connectivity index (χ0) is 26.3. The van der Waals surface area contributed by atoms with Crippen molar-refractivity contribution < 1.29 is 0 Å².